The van der Waals surface area contributed by atoms with E-state index in [2.05, 4.69) is 12.2 Å². The van der Waals surface area contributed by atoms with Crippen molar-refractivity contribution < 1.29 is 9.53 Å². The Balaban J connectivity index is 1.52. The van der Waals surface area contributed by atoms with Crippen LogP contribution in [0.25, 0.3) is 0 Å². The van der Waals surface area contributed by atoms with Crippen molar-refractivity contribution >= 4 is 5.91 Å². The third-order valence-electron chi connectivity index (χ3n) is 5.48. The van der Waals surface area contributed by atoms with Gasteiger partial charge in [0, 0.05) is 6.04 Å². The van der Waals surface area contributed by atoms with Gasteiger partial charge >= 0.3 is 0 Å². The number of amides is 1. The highest BCUT2D eigenvalue weighted by Crippen LogP contribution is 2.49. The topological polar surface area (TPSA) is 38.3 Å². The second-order valence-electron chi connectivity index (χ2n) is 7.21. The molecule has 0 aliphatic heterocycles. The molecule has 22 heavy (non-hydrogen) atoms. The summed E-state index contributed by atoms with van der Waals surface area (Å²) in [5.41, 5.74) is 1.14. The van der Waals surface area contributed by atoms with E-state index in [0.29, 0.717) is 5.92 Å². The van der Waals surface area contributed by atoms with Gasteiger partial charge in [-0.2, -0.15) is 0 Å². The number of carbonyl (C=O) groups excluding carboxylic acids is 1. The molecule has 2 aliphatic carbocycles. The number of fused-ring (bicyclic) bond motifs is 2. The van der Waals surface area contributed by atoms with Gasteiger partial charge in [0.2, 0.25) is 0 Å². The maximum Gasteiger partial charge on any atom is 0.260 e. The largest absolute Gasteiger partial charge is 0.481 e. The summed E-state index contributed by atoms with van der Waals surface area (Å²) in [6.45, 7) is 6.00. The quantitative estimate of drug-likeness (QED) is 0.900. The van der Waals surface area contributed by atoms with Crippen molar-refractivity contribution in [2.24, 2.45) is 17.8 Å². The van der Waals surface area contributed by atoms with Crippen LogP contribution >= 0.6 is 0 Å². The molecule has 2 bridgehead atoms. The Morgan fingerprint density at radius 2 is 2.09 bits per heavy atom. The van der Waals surface area contributed by atoms with Gasteiger partial charge in [0.15, 0.2) is 6.10 Å². The van der Waals surface area contributed by atoms with Crippen LogP contribution < -0.4 is 10.1 Å². The SMILES string of the molecule is Cc1cccc(O[C@@H](C)C(=O)N[C@@H](C)[C@@H]2C[C@@H]3CC[C@@H]2C3)c1. The Bertz CT molecular complexity index is 542. The third-order valence-corrected chi connectivity index (χ3v) is 5.48. The van der Waals surface area contributed by atoms with Gasteiger partial charge in [-0.25, -0.2) is 0 Å². The molecule has 0 saturated heterocycles. The van der Waals surface area contributed by atoms with Crippen LogP contribution in [0.3, 0.4) is 0 Å². The maximum absolute atomic E-state index is 12.4. The monoisotopic (exact) mass is 301 g/mol. The third kappa shape index (κ3) is 3.29. The minimum Gasteiger partial charge on any atom is -0.481 e. The van der Waals surface area contributed by atoms with Gasteiger partial charge in [-0.1, -0.05) is 18.6 Å². The molecule has 0 heterocycles. The number of hydrogen-bond acceptors (Lipinski definition) is 2. The summed E-state index contributed by atoms with van der Waals surface area (Å²) in [6.07, 6.45) is 4.96. The first-order valence-corrected chi connectivity index (χ1v) is 8.56. The van der Waals surface area contributed by atoms with Crippen LogP contribution in [-0.2, 0) is 4.79 Å². The number of carbonyl (C=O) groups is 1. The summed E-state index contributed by atoms with van der Waals surface area (Å²) in [4.78, 5) is 12.4. The highest BCUT2D eigenvalue weighted by Gasteiger charge is 2.42. The summed E-state index contributed by atoms with van der Waals surface area (Å²) in [7, 11) is 0. The summed E-state index contributed by atoms with van der Waals surface area (Å²) < 4.78 is 5.77. The molecule has 5 atom stereocenters. The summed E-state index contributed by atoms with van der Waals surface area (Å²) in [5, 5.41) is 3.18. The molecule has 0 unspecified atom stereocenters. The standard InChI is InChI=1S/C19H27NO2/c1-12-5-4-6-17(9-12)22-14(3)19(21)20-13(2)18-11-15-7-8-16(18)10-15/h4-6,9,13-16,18H,7-8,10-11H2,1-3H3,(H,20,21)/t13-,14-,15+,16+,18-/m0/s1. The predicted molar refractivity (Wildman–Crippen MR) is 87.8 cm³/mol. The van der Waals surface area contributed by atoms with E-state index in [1.165, 1.54) is 25.7 Å². The average molecular weight is 301 g/mol. The van der Waals surface area contributed by atoms with Crippen molar-refractivity contribution in [3.8, 4) is 5.75 Å². The first-order valence-electron chi connectivity index (χ1n) is 8.56. The van der Waals surface area contributed by atoms with Crippen LogP contribution in [0.15, 0.2) is 24.3 Å². The molecule has 120 valence electrons. The van der Waals surface area contributed by atoms with Crippen molar-refractivity contribution in [1.29, 1.82) is 0 Å². The number of nitrogens with one attached hydrogen (secondary N) is 1. The fraction of sp³-hybridized carbons (Fsp3) is 0.632. The van der Waals surface area contributed by atoms with Crippen molar-refractivity contribution in [1.82, 2.24) is 5.32 Å². The number of benzene rings is 1. The number of aryl methyl sites for hydroxylation is 1. The minimum atomic E-state index is -0.456. The molecule has 2 fully saturated rings. The van der Waals surface area contributed by atoms with Gasteiger partial charge in [-0.05, 0) is 75.5 Å². The second-order valence-corrected chi connectivity index (χ2v) is 7.21. The van der Waals surface area contributed by atoms with Gasteiger partial charge in [-0.3, -0.25) is 4.79 Å². The van der Waals surface area contributed by atoms with Crippen LogP contribution in [0.1, 0.15) is 45.1 Å². The Labute approximate surface area is 133 Å². The second kappa shape index (κ2) is 6.31. The molecule has 3 nitrogen and oxygen atoms in total. The Kier molecular flexibility index (Phi) is 4.42. The Morgan fingerprint density at radius 1 is 1.27 bits per heavy atom. The fourth-order valence-corrected chi connectivity index (χ4v) is 4.30. The van der Waals surface area contributed by atoms with Crippen molar-refractivity contribution in [3.63, 3.8) is 0 Å². The lowest BCUT2D eigenvalue weighted by molar-refractivity contribution is -0.128. The maximum atomic E-state index is 12.4. The van der Waals surface area contributed by atoms with E-state index >= 15 is 0 Å². The average Bonchev–Trinajstić information content (AvgIpc) is 3.09. The molecular weight excluding hydrogens is 274 g/mol. The van der Waals surface area contributed by atoms with Gasteiger partial charge in [0.1, 0.15) is 5.75 Å². The van der Waals surface area contributed by atoms with Crippen LogP contribution in [-0.4, -0.2) is 18.1 Å². The zero-order chi connectivity index (χ0) is 15.7. The zero-order valence-corrected chi connectivity index (χ0v) is 13.8. The van der Waals surface area contributed by atoms with E-state index in [0.717, 1.165) is 23.1 Å². The molecule has 0 aromatic heterocycles. The lowest BCUT2D eigenvalue weighted by Gasteiger charge is -2.29. The molecular formula is C19H27NO2. The predicted octanol–water partition coefficient (Wildman–Crippen LogP) is 3.70. The van der Waals surface area contributed by atoms with Gasteiger partial charge in [-0.15, -0.1) is 0 Å². The first-order chi connectivity index (χ1) is 10.5. The molecule has 1 amide bonds. The molecule has 2 aliphatic rings. The van der Waals surface area contributed by atoms with Gasteiger partial charge in [0.25, 0.3) is 5.91 Å². The highest BCUT2D eigenvalue weighted by molar-refractivity contribution is 5.81. The zero-order valence-electron chi connectivity index (χ0n) is 13.8. The normalized spacial score (nSPS) is 29.1. The summed E-state index contributed by atoms with van der Waals surface area (Å²) in [5.74, 6) is 3.16. The van der Waals surface area contributed by atoms with E-state index < -0.39 is 6.10 Å². The molecule has 2 saturated carbocycles. The van der Waals surface area contributed by atoms with Crippen LogP contribution in [0.2, 0.25) is 0 Å². The molecule has 3 rings (SSSR count). The molecule has 1 aromatic rings. The van der Waals surface area contributed by atoms with Crippen molar-refractivity contribution in [2.45, 2.75) is 58.6 Å². The van der Waals surface area contributed by atoms with Crippen molar-refractivity contribution in [3.05, 3.63) is 29.8 Å². The van der Waals surface area contributed by atoms with Crippen molar-refractivity contribution in [2.75, 3.05) is 0 Å². The van der Waals surface area contributed by atoms with E-state index in [4.69, 9.17) is 4.74 Å². The molecule has 1 aromatic carbocycles. The van der Waals surface area contributed by atoms with E-state index in [9.17, 15) is 4.79 Å². The van der Waals surface area contributed by atoms with Crippen LogP contribution in [0.4, 0.5) is 0 Å². The molecule has 0 radical (unpaired) electrons. The van der Waals surface area contributed by atoms with E-state index in [1.807, 2.05) is 38.1 Å². The number of hydrogen-bond donors (Lipinski definition) is 1. The Morgan fingerprint density at radius 3 is 2.73 bits per heavy atom. The van der Waals surface area contributed by atoms with Gasteiger partial charge < -0.3 is 10.1 Å². The number of ether oxygens (including phenoxy) is 1. The van der Waals surface area contributed by atoms with Crippen LogP contribution in [0.5, 0.6) is 5.75 Å². The summed E-state index contributed by atoms with van der Waals surface area (Å²) in [6, 6.07) is 8.09. The molecule has 3 heteroatoms. The first kappa shape index (κ1) is 15.4. The van der Waals surface area contributed by atoms with Gasteiger partial charge in [0.05, 0.1) is 0 Å². The summed E-state index contributed by atoms with van der Waals surface area (Å²) >= 11 is 0. The van der Waals surface area contributed by atoms with E-state index in [-0.39, 0.29) is 11.9 Å². The molecule has 1 N–H and O–H groups in total. The minimum absolute atomic E-state index is 0.00298. The lowest BCUT2D eigenvalue weighted by Crippen LogP contribution is -2.45. The van der Waals surface area contributed by atoms with E-state index in [1.54, 1.807) is 0 Å². The Hall–Kier alpha value is -1.51. The smallest absolute Gasteiger partial charge is 0.260 e. The molecule has 0 spiro atoms. The number of rotatable bonds is 5. The van der Waals surface area contributed by atoms with Crippen LogP contribution in [0, 0.1) is 24.7 Å². The lowest BCUT2D eigenvalue weighted by atomic mass is 9.84. The fourth-order valence-electron chi connectivity index (χ4n) is 4.30. The highest BCUT2D eigenvalue weighted by atomic mass is 16.5.